The lowest BCUT2D eigenvalue weighted by molar-refractivity contribution is -0.883. The van der Waals surface area contributed by atoms with Crippen LogP contribution in [0.2, 0.25) is 0 Å². The predicted molar refractivity (Wildman–Crippen MR) is 130 cm³/mol. The van der Waals surface area contributed by atoms with E-state index in [2.05, 4.69) is 5.92 Å². The Morgan fingerprint density at radius 1 is 0.806 bits per heavy atom. The van der Waals surface area contributed by atoms with Gasteiger partial charge in [0.2, 0.25) is 12.4 Å². The van der Waals surface area contributed by atoms with E-state index in [9.17, 15) is 19.2 Å². The Hall–Kier alpha value is -2.64. The van der Waals surface area contributed by atoms with Gasteiger partial charge in [0.05, 0.1) is 33.7 Å². The van der Waals surface area contributed by atoms with Gasteiger partial charge >= 0.3 is 23.9 Å². The molecule has 4 atom stereocenters. The van der Waals surface area contributed by atoms with Gasteiger partial charge in [0.1, 0.15) is 6.54 Å². The Morgan fingerprint density at radius 3 is 1.83 bits per heavy atom. The van der Waals surface area contributed by atoms with Gasteiger partial charge in [-0.3, -0.25) is 19.2 Å². The standard InChI is InChI=1S/C26H42NO9/c1-7-12-20(28)33-19-18-32-26(36-23(31)15-11-17-27(5,6)16-10-4)25(35-22(30)14-9-3)24(19)34-21(29)13-8-2/h4,19,24-26H,7-9,11-18H2,1-3,5-6H3/q+1/t19-,24-,25+,26+/m0/s1. The highest BCUT2D eigenvalue weighted by Gasteiger charge is 2.49. The van der Waals surface area contributed by atoms with E-state index in [-0.39, 0.29) is 32.3 Å². The van der Waals surface area contributed by atoms with Crippen molar-refractivity contribution in [1.82, 2.24) is 0 Å². The molecule has 1 aliphatic heterocycles. The molecule has 0 N–H and O–H groups in total. The molecular weight excluding hydrogens is 470 g/mol. The molecule has 1 heterocycles. The van der Waals surface area contributed by atoms with Gasteiger partial charge in [0, 0.05) is 25.7 Å². The van der Waals surface area contributed by atoms with Gasteiger partial charge in [0.25, 0.3) is 0 Å². The highest BCUT2D eigenvalue weighted by molar-refractivity contribution is 5.72. The van der Waals surface area contributed by atoms with Crippen LogP contribution in [0.25, 0.3) is 0 Å². The van der Waals surface area contributed by atoms with E-state index in [4.69, 9.17) is 30.1 Å². The number of rotatable bonds is 15. The van der Waals surface area contributed by atoms with Gasteiger partial charge < -0.3 is 28.2 Å². The second-order valence-corrected chi connectivity index (χ2v) is 9.50. The number of hydrogen-bond donors (Lipinski definition) is 0. The average Bonchev–Trinajstić information content (AvgIpc) is 2.77. The molecule has 0 aromatic heterocycles. The zero-order valence-corrected chi connectivity index (χ0v) is 22.3. The zero-order chi connectivity index (χ0) is 27.1. The molecule has 1 rings (SSSR count). The molecule has 0 spiro atoms. The molecule has 10 nitrogen and oxygen atoms in total. The minimum absolute atomic E-state index is 0.0942. The van der Waals surface area contributed by atoms with E-state index in [0.29, 0.717) is 43.3 Å². The van der Waals surface area contributed by atoms with Crippen molar-refractivity contribution in [3.05, 3.63) is 0 Å². The van der Waals surface area contributed by atoms with Gasteiger partial charge in [-0.15, -0.1) is 6.42 Å². The van der Waals surface area contributed by atoms with Crippen molar-refractivity contribution in [3.8, 4) is 12.3 Å². The first-order chi connectivity index (χ1) is 17.1. The number of nitrogens with zero attached hydrogens (tertiary/aromatic N) is 1. The topological polar surface area (TPSA) is 114 Å². The van der Waals surface area contributed by atoms with E-state index in [1.54, 1.807) is 0 Å². The Kier molecular flexibility index (Phi) is 14.1. The van der Waals surface area contributed by atoms with E-state index >= 15 is 0 Å². The van der Waals surface area contributed by atoms with Crippen LogP contribution in [-0.4, -0.2) is 86.8 Å². The maximum atomic E-state index is 12.6. The van der Waals surface area contributed by atoms with Crippen LogP contribution in [0, 0.1) is 12.3 Å². The number of carbonyl (C=O) groups excluding carboxylic acids is 4. The number of terminal acetylenes is 1. The number of quaternary nitrogens is 1. The third-order valence-corrected chi connectivity index (χ3v) is 5.47. The molecular formula is C26H42NO9+. The first-order valence-electron chi connectivity index (χ1n) is 12.7. The smallest absolute Gasteiger partial charge is 0.308 e. The maximum Gasteiger partial charge on any atom is 0.308 e. The summed E-state index contributed by atoms with van der Waals surface area (Å²) in [5.74, 6) is 0.440. The summed E-state index contributed by atoms with van der Waals surface area (Å²) in [6, 6.07) is 0. The van der Waals surface area contributed by atoms with Gasteiger partial charge in [-0.25, -0.2) is 0 Å². The quantitative estimate of drug-likeness (QED) is 0.141. The summed E-state index contributed by atoms with van der Waals surface area (Å²) in [5.41, 5.74) is 0. The molecule has 36 heavy (non-hydrogen) atoms. The molecule has 10 heteroatoms. The summed E-state index contributed by atoms with van der Waals surface area (Å²) in [4.78, 5) is 49.6. The van der Waals surface area contributed by atoms with Crippen LogP contribution in [0.3, 0.4) is 0 Å². The van der Waals surface area contributed by atoms with Gasteiger partial charge in [-0.1, -0.05) is 20.8 Å². The van der Waals surface area contributed by atoms with Crippen LogP contribution >= 0.6 is 0 Å². The minimum Gasteiger partial charge on any atom is -0.456 e. The second-order valence-electron chi connectivity index (χ2n) is 9.50. The van der Waals surface area contributed by atoms with Crippen LogP contribution in [0.4, 0.5) is 0 Å². The molecule has 0 bridgehead atoms. The average molecular weight is 513 g/mol. The van der Waals surface area contributed by atoms with Crippen LogP contribution in [-0.2, 0) is 42.9 Å². The fraction of sp³-hybridized carbons (Fsp3) is 0.769. The van der Waals surface area contributed by atoms with Crippen LogP contribution < -0.4 is 0 Å². The molecule has 0 unspecified atom stereocenters. The SMILES string of the molecule is C#CC[N+](C)(C)CCCC(=O)O[C@H]1OC[C@H](OC(=O)CCC)[C@H](OC(=O)CCC)[C@H]1OC(=O)CCC. The minimum atomic E-state index is -1.31. The lowest BCUT2D eigenvalue weighted by atomic mass is 10.0. The summed E-state index contributed by atoms with van der Waals surface area (Å²) < 4.78 is 28.4. The number of hydrogen-bond acceptors (Lipinski definition) is 9. The summed E-state index contributed by atoms with van der Waals surface area (Å²) in [6.45, 7) is 6.45. The van der Waals surface area contributed by atoms with E-state index < -0.39 is 48.5 Å². The lowest BCUT2D eigenvalue weighted by Crippen LogP contribution is -2.58. The molecule has 0 saturated carbocycles. The third kappa shape index (κ3) is 11.4. The van der Waals surface area contributed by atoms with E-state index in [0.717, 1.165) is 0 Å². The molecule has 204 valence electrons. The van der Waals surface area contributed by atoms with Crippen molar-refractivity contribution >= 4 is 23.9 Å². The highest BCUT2D eigenvalue weighted by atomic mass is 16.7. The Balaban J connectivity index is 3.04. The first-order valence-corrected chi connectivity index (χ1v) is 12.7. The Bertz CT molecular complexity index is 774. The van der Waals surface area contributed by atoms with Crippen molar-refractivity contribution in [2.24, 2.45) is 0 Å². The van der Waals surface area contributed by atoms with Gasteiger partial charge in [-0.05, 0) is 25.2 Å². The van der Waals surface area contributed by atoms with Crippen molar-refractivity contribution in [2.75, 3.05) is 33.8 Å². The molecule has 0 amide bonds. The molecule has 1 saturated heterocycles. The van der Waals surface area contributed by atoms with Crippen LogP contribution in [0.5, 0.6) is 0 Å². The zero-order valence-electron chi connectivity index (χ0n) is 22.3. The van der Waals surface area contributed by atoms with Crippen LogP contribution in [0.15, 0.2) is 0 Å². The third-order valence-electron chi connectivity index (χ3n) is 5.47. The largest absolute Gasteiger partial charge is 0.456 e. The van der Waals surface area contributed by atoms with Crippen molar-refractivity contribution in [1.29, 1.82) is 0 Å². The summed E-state index contributed by atoms with van der Waals surface area (Å²) in [6.07, 6.45) is 3.25. The van der Waals surface area contributed by atoms with Crippen LogP contribution in [0.1, 0.15) is 72.1 Å². The van der Waals surface area contributed by atoms with Crippen molar-refractivity contribution < 1.29 is 47.3 Å². The van der Waals surface area contributed by atoms with E-state index in [1.807, 2.05) is 34.9 Å². The molecule has 0 radical (unpaired) electrons. The summed E-state index contributed by atoms with van der Waals surface area (Å²) in [7, 11) is 3.93. The van der Waals surface area contributed by atoms with Crippen molar-refractivity contribution in [2.45, 2.75) is 96.7 Å². The molecule has 1 aliphatic rings. The number of esters is 4. The number of ether oxygens (including phenoxy) is 5. The Labute approximate surface area is 214 Å². The molecule has 1 fully saturated rings. The second kappa shape index (κ2) is 16.2. The normalized spacial score (nSPS) is 21.7. The molecule has 0 aliphatic carbocycles. The summed E-state index contributed by atoms with van der Waals surface area (Å²) >= 11 is 0. The monoisotopic (exact) mass is 512 g/mol. The first kappa shape index (κ1) is 31.4. The predicted octanol–water partition coefficient (Wildman–Crippen LogP) is 2.51. The van der Waals surface area contributed by atoms with Gasteiger partial charge in [0.15, 0.2) is 12.2 Å². The number of carbonyl (C=O) groups is 4. The molecule has 0 aromatic rings. The van der Waals surface area contributed by atoms with E-state index in [1.165, 1.54) is 0 Å². The fourth-order valence-corrected chi connectivity index (χ4v) is 3.64. The van der Waals surface area contributed by atoms with Crippen molar-refractivity contribution in [3.63, 3.8) is 0 Å². The summed E-state index contributed by atoms with van der Waals surface area (Å²) in [5, 5.41) is 0. The van der Waals surface area contributed by atoms with Gasteiger partial charge in [-0.2, -0.15) is 0 Å². The Morgan fingerprint density at radius 2 is 1.31 bits per heavy atom. The highest BCUT2D eigenvalue weighted by Crippen LogP contribution is 2.27. The fourth-order valence-electron chi connectivity index (χ4n) is 3.64. The molecule has 0 aromatic carbocycles. The maximum absolute atomic E-state index is 12.6. The lowest BCUT2D eigenvalue weighted by Gasteiger charge is -2.40.